The highest BCUT2D eigenvalue weighted by molar-refractivity contribution is 7.13. The van der Waals surface area contributed by atoms with Gasteiger partial charge in [0.05, 0.1) is 17.8 Å². The van der Waals surface area contributed by atoms with Gasteiger partial charge < -0.3 is 4.57 Å². The van der Waals surface area contributed by atoms with Gasteiger partial charge in [-0.3, -0.25) is 14.9 Å². The van der Waals surface area contributed by atoms with Crippen LogP contribution in [0.3, 0.4) is 0 Å². The van der Waals surface area contributed by atoms with Gasteiger partial charge in [-0.25, -0.2) is 4.98 Å². The highest BCUT2D eigenvalue weighted by atomic mass is 32.1. The van der Waals surface area contributed by atoms with Crippen LogP contribution in [0.5, 0.6) is 0 Å². The first-order valence-electron chi connectivity index (χ1n) is 8.51. The van der Waals surface area contributed by atoms with Gasteiger partial charge in [0.25, 0.3) is 11.5 Å². The van der Waals surface area contributed by atoms with E-state index >= 15 is 0 Å². The Kier molecular flexibility index (Phi) is 4.56. The average Bonchev–Trinajstić information content (AvgIpc) is 3.08. The van der Waals surface area contributed by atoms with Crippen LogP contribution in [-0.4, -0.2) is 15.5 Å². The zero-order chi connectivity index (χ0) is 18.8. The first-order chi connectivity index (χ1) is 13.1. The molecular formula is C21H17N3O2S. The van der Waals surface area contributed by atoms with Crippen molar-refractivity contribution in [3.63, 3.8) is 0 Å². The van der Waals surface area contributed by atoms with Crippen LogP contribution in [0.4, 0.5) is 5.13 Å². The molecule has 0 radical (unpaired) electrons. The van der Waals surface area contributed by atoms with Crippen molar-refractivity contribution < 1.29 is 4.79 Å². The van der Waals surface area contributed by atoms with Crippen molar-refractivity contribution in [2.24, 2.45) is 0 Å². The lowest BCUT2D eigenvalue weighted by atomic mass is 10.0. The summed E-state index contributed by atoms with van der Waals surface area (Å²) < 4.78 is 1.56. The maximum Gasteiger partial charge on any atom is 0.258 e. The molecule has 2 aromatic heterocycles. The zero-order valence-corrected chi connectivity index (χ0v) is 15.5. The van der Waals surface area contributed by atoms with Crippen molar-refractivity contribution in [3.05, 3.63) is 93.3 Å². The van der Waals surface area contributed by atoms with Crippen molar-refractivity contribution in [3.8, 4) is 0 Å². The Morgan fingerprint density at radius 1 is 1.11 bits per heavy atom. The number of anilines is 1. The van der Waals surface area contributed by atoms with Crippen LogP contribution >= 0.6 is 11.3 Å². The molecule has 6 heteroatoms. The van der Waals surface area contributed by atoms with E-state index in [4.69, 9.17) is 0 Å². The summed E-state index contributed by atoms with van der Waals surface area (Å²) in [5, 5.41) is 7.41. The van der Waals surface area contributed by atoms with Crippen molar-refractivity contribution in [2.75, 3.05) is 5.32 Å². The molecule has 0 aliphatic heterocycles. The van der Waals surface area contributed by atoms with Crippen molar-refractivity contribution in [1.82, 2.24) is 9.55 Å². The number of nitrogens with one attached hydrogen (secondary N) is 1. The van der Waals surface area contributed by atoms with Crippen LogP contribution in [0, 0.1) is 6.92 Å². The Morgan fingerprint density at radius 3 is 2.74 bits per heavy atom. The van der Waals surface area contributed by atoms with Crippen LogP contribution in [0.2, 0.25) is 0 Å². The number of rotatable bonds is 4. The number of amides is 1. The fourth-order valence-corrected chi connectivity index (χ4v) is 3.67. The third kappa shape index (κ3) is 3.66. The second kappa shape index (κ2) is 7.17. The van der Waals surface area contributed by atoms with Gasteiger partial charge in [0.2, 0.25) is 0 Å². The number of carbonyl (C=O) groups excluding carboxylic acids is 1. The number of hydrogen-bond donors (Lipinski definition) is 1. The SMILES string of the molecule is Cc1csc(NC(=O)c2ccc(=O)n(Cc3cccc4ccccc34)c2)n1. The lowest BCUT2D eigenvalue weighted by Crippen LogP contribution is -2.22. The van der Waals surface area contributed by atoms with Gasteiger partial charge in [0.15, 0.2) is 5.13 Å². The molecule has 0 aliphatic rings. The number of benzene rings is 2. The number of hydrogen-bond acceptors (Lipinski definition) is 4. The molecule has 0 unspecified atom stereocenters. The minimum atomic E-state index is -0.281. The van der Waals surface area contributed by atoms with Gasteiger partial charge in [-0.15, -0.1) is 11.3 Å². The normalized spacial score (nSPS) is 10.9. The zero-order valence-electron chi connectivity index (χ0n) is 14.7. The Hall–Kier alpha value is -3.25. The molecule has 0 fully saturated rings. The summed E-state index contributed by atoms with van der Waals surface area (Å²) in [7, 11) is 0. The molecule has 5 nitrogen and oxygen atoms in total. The Bertz CT molecular complexity index is 1190. The average molecular weight is 375 g/mol. The standard InChI is InChI=1S/C21H17N3O2S/c1-14-13-27-21(22-14)23-20(26)17-9-10-19(25)24(12-17)11-16-7-4-6-15-5-2-3-8-18(15)16/h2-10,12-13H,11H2,1H3,(H,22,23,26). The van der Waals surface area contributed by atoms with Gasteiger partial charge >= 0.3 is 0 Å². The molecule has 0 aliphatic carbocycles. The highest BCUT2D eigenvalue weighted by Gasteiger charge is 2.11. The minimum absolute atomic E-state index is 0.149. The molecule has 2 heterocycles. The van der Waals surface area contributed by atoms with E-state index in [-0.39, 0.29) is 11.5 Å². The lowest BCUT2D eigenvalue weighted by molar-refractivity contribution is 0.102. The fourth-order valence-electron chi connectivity index (χ4n) is 2.98. The van der Waals surface area contributed by atoms with Crippen molar-refractivity contribution >= 4 is 33.1 Å². The van der Waals surface area contributed by atoms with Gasteiger partial charge in [0, 0.05) is 17.6 Å². The maximum absolute atomic E-state index is 12.5. The highest BCUT2D eigenvalue weighted by Crippen LogP contribution is 2.19. The molecule has 0 saturated carbocycles. The Labute approximate surface area is 159 Å². The first kappa shape index (κ1) is 17.2. The van der Waals surface area contributed by atoms with Gasteiger partial charge in [-0.1, -0.05) is 42.5 Å². The van der Waals surface area contributed by atoms with Crippen molar-refractivity contribution in [2.45, 2.75) is 13.5 Å². The molecule has 2 aromatic carbocycles. The molecule has 4 aromatic rings. The number of pyridine rings is 1. The van der Waals surface area contributed by atoms with E-state index in [1.165, 1.54) is 23.5 Å². The molecule has 27 heavy (non-hydrogen) atoms. The van der Waals surface area contributed by atoms with E-state index in [2.05, 4.69) is 10.3 Å². The summed E-state index contributed by atoms with van der Waals surface area (Å²) in [4.78, 5) is 29.0. The number of aromatic nitrogens is 2. The van der Waals surface area contributed by atoms with E-state index in [9.17, 15) is 9.59 Å². The summed E-state index contributed by atoms with van der Waals surface area (Å²) >= 11 is 1.37. The van der Waals surface area contributed by atoms with Crippen LogP contribution in [-0.2, 0) is 6.54 Å². The second-order valence-corrected chi connectivity index (χ2v) is 7.13. The monoisotopic (exact) mass is 375 g/mol. The molecule has 0 spiro atoms. The second-order valence-electron chi connectivity index (χ2n) is 6.27. The number of carbonyl (C=O) groups is 1. The molecular weight excluding hydrogens is 358 g/mol. The predicted octanol–water partition coefficient (Wildman–Crippen LogP) is 4.07. The number of fused-ring (bicyclic) bond motifs is 1. The van der Waals surface area contributed by atoms with Crippen LogP contribution < -0.4 is 10.9 Å². The topological polar surface area (TPSA) is 64.0 Å². The number of thiazole rings is 1. The Balaban J connectivity index is 1.64. The first-order valence-corrected chi connectivity index (χ1v) is 9.39. The molecule has 0 bridgehead atoms. The maximum atomic E-state index is 12.5. The number of aryl methyl sites for hydroxylation is 1. The summed E-state index contributed by atoms with van der Waals surface area (Å²) in [5.41, 5.74) is 2.16. The quantitative estimate of drug-likeness (QED) is 0.585. The third-order valence-electron chi connectivity index (χ3n) is 4.31. The minimum Gasteiger partial charge on any atom is -0.310 e. The number of nitrogens with zero attached hydrogens (tertiary/aromatic N) is 2. The Morgan fingerprint density at radius 2 is 1.93 bits per heavy atom. The molecule has 0 saturated heterocycles. The van der Waals surface area contributed by atoms with Gasteiger partial charge in [-0.2, -0.15) is 0 Å². The summed E-state index contributed by atoms with van der Waals surface area (Å²) in [6, 6.07) is 17.0. The largest absolute Gasteiger partial charge is 0.310 e. The summed E-state index contributed by atoms with van der Waals surface area (Å²) in [6.07, 6.45) is 1.60. The van der Waals surface area contributed by atoms with Gasteiger partial charge in [0.1, 0.15) is 0 Å². The predicted molar refractivity (Wildman–Crippen MR) is 109 cm³/mol. The van der Waals surface area contributed by atoms with Crippen LogP contribution in [0.1, 0.15) is 21.6 Å². The lowest BCUT2D eigenvalue weighted by Gasteiger charge is -2.10. The van der Waals surface area contributed by atoms with Gasteiger partial charge in [-0.05, 0) is 29.3 Å². The van der Waals surface area contributed by atoms with Crippen molar-refractivity contribution in [1.29, 1.82) is 0 Å². The molecule has 4 rings (SSSR count). The molecule has 1 amide bonds. The molecule has 134 valence electrons. The molecule has 0 atom stereocenters. The van der Waals surface area contributed by atoms with E-state index in [0.717, 1.165) is 22.0 Å². The van der Waals surface area contributed by atoms with E-state index < -0.39 is 0 Å². The smallest absolute Gasteiger partial charge is 0.258 e. The summed E-state index contributed by atoms with van der Waals surface area (Å²) in [5.74, 6) is -0.281. The fraction of sp³-hybridized carbons (Fsp3) is 0.0952. The summed E-state index contributed by atoms with van der Waals surface area (Å²) in [6.45, 7) is 2.27. The van der Waals surface area contributed by atoms with Crippen LogP contribution in [0.15, 0.2) is 71.0 Å². The van der Waals surface area contributed by atoms with E-state index in [1.54, 1.807) is 10.8 Å². The van der Waals surface area contributed by atoms with Crippen LogP contribution in [0.25, 0.3) is 10.8 Å². The van der Waals surface area contributed by atoms with E-state index in [0.29, 0.717) is 17.2 Å². The molecule has 1 N–H and O–H groups in total. The van der Waals surface area contributed by atoms with E-state index in [1.807, 2.05) is 54.8 Å². The third-order valence-corrected chi connectivity index (χ3v) is 5.18.